The van der Waals surface area contributed by atoms with E-state index in [4.69, 9.17) is 5.73 Å². The topological polar surface area (TPSA) is 85.3 Å². The molecule has 24 heavy (non-hydrogen) atoms. The van der Waals surface area contributed by atoms with Crippen molar-refractivity contribution in [3.05, 3.63) is 54.1 Å². The summed E-state index contributed by atoms with van der Waals surface area (Å²) in [5.74, 6) is -0.548. The van der Waals surface area contributed by atoms with Gasteiger partial charge in [-0.2, -0.15) is 17.9 Å². The van der Waals surface area contributed by atoms with Crippen molar-refractivity contribution < 1.29 is 26.8 Å². The van der Waals surface area contributed by atoms with Crippen LogP contribution in [0.2, 0.25) is 0 Å². The first-order valence-electron chi connectivity index (χ1n) is 6.64. The molecule has 9 heteroatoms. The summed E-state index contributed by atoms with van der Waals surface area (Å²) in [6.45, 7) is 0. The first-order chi connectivity index (χ1) is 11.1. The van der Waals surface area contributed by atoms with Crippen molar-refractivity contribution in [1.82, 2.24) is 4.73 Å². The van der Waals surface area contributed by atoms with Gasteiger partial charge in [0, 0.05) is 5.39 Å². The number of rotatable bonds is 2. The molecule has 0 aliphatic heterocycles. The van der Waals surface area contributed by atoms with Gasteiger partial charge in [0.1, 0.15) is 4.90 Å². The maximum atomic E-state index is 12.8. The molecule has 0 fully saturated rings. The highest BCUT2D eigenvalue weighted by molar-refractivity contribution is 7.92. The molecule has 1 heterocycles. The minimum atomic E-state index is -4.63. The molecule has 3 aromatic rings. The number of nitrogens with two attached hydrogens (primary N) is 1. The molecule has 2 aromatic carbocycles. The van der Waals surface area contributed by atoms with E-state index in [1.165, 1.54) is 24.3 Å². The van der Waals surface area contributed by atoms with Crippen molar-refractivity contribution in [3.63, 3.8) is 0 Å². The lowest BCUT2D eigenvalue weighted by Gasteiger charge is -2.07. The Morgan fingerprint density at radius 1 is 1.04 bits per heavy atom. The number of anilines is 1. The molecule has 0 bridgehead atoms. The number of alkyl halides is 3. The number of nitrogens with zero attached hydrogens (tertiary/aromatic N) is 1. The van der Waals surface area contributed by atoms with Crippen LogP contribution >= 0.6 is 0 Å². The summed E-state index contributed by atoms with van der Waals surface area (Å²) in [6, 6.07) is 9.66. The normalized spacial score (nSPS) is 12.6. The second-order valence-corrected chi connectivity index (χ2v) is 6.96. The number of nitrogen functional groups attached to an aromatic ring is 1. The SMILES string of the molecule is Nc1c(S(=O)(=O)c2ccccc2)c2ccc(C(F)(F)F)cc2n1O. The first kappa shape index (κ1) is 16.2. The summed E-state index contributed by atoms with van der Waals surface area (Å²) in [4.78, 5) is -0.510. The zero-order valence-electron chi connectivity index (χ0n) is 11.9. The van der Waals surface area contributed by atoms with Crippen molar-refractivity contribution in [1.29, 1.82) is 0 Å². The summed E-state index contributed by atoms with van der Waals surface area (Å²) in [6.07, 6.45) is -4.63. The molecule has 0 aliphatic carbocycles. The molecule has 0 radical (unpaired) electrons. The second kappa shape index (κ2) is 5.17. The maximum Gasteiger partial charge on any atom is 0.416 e. The zero-order valence-corrected chi connectivity index (χ0v) is 12.8. The Morgan fingerprint density at radius 2 is 1.67 bits per heavy atom. The van der Waals surface area contributed by atoms with E-state index in [0.717, 1.165) is 12.1 Å². The Hall–Kier alpha value is -2.68. The Labute approximate surface area is 134 Å². The smallest absolute Gasteiger partial charge is 0.416 e. The van der Waals surface area contributed by atoms with Crippen molar-refractivity contribution in [2.75, 3.05) is 5.73 Å². The number of benzene rings is 2. The first-order valence-corrected chi connectivity index (χ1v) is 8.13. The predicted octanol–water partition coefficient (Wildman–Crippen LogP) is 3.31. The van der Waals surface area contributed by atoms with Gasteiger partial charge in [-0.3, -0.25) is 0 Å². The minimum absolute atomic E-state index is 0.0795. The molecule has 1 aromatic heterocycles. The molecule has 0 amide bonds. The molecule has 126 valence electrons. The van der Waals surface area contributed by atoms with Gasteiger partial charge in [0.25, 0.3) is 0 Å². The van der Waals surface area contributed by atoms with E-state index in [9.17, 15) is 26.8 Å². The standard InChI is InChI=1S/C15H11F3N2O3S/c16-15(17,18)9-6-7-11-12(8-9)20(21)14(19)13(11)24(22,23)10-4-2-1-3-5-10/h1-8,21H,19H2. The molecule has 0 spiro atoms. The Bertz CT molecular complexity index is 1030. The fraction of sp³-hybridized carbons (Fsp3) is 0.0667. The molecule has 0 saturated heterocycles. The van der Waals surface area contributed by atoms with E-state index >= 15 is 0 Å². The molecular weight excluding hydrogens is 345 g/mol. The third kappa shape index (κ3) is 2.37. The molecule has 3 N–H and O–H groups in total. The van der Waals surface area contributed by atoms with E-state index in [1.807, 2.05) is 0 Å². The van der Waals surface area contributed by atoms with Gasteiger partial charge in [-0.25, -0.2) is 8.42 Å². The van der Waals surface area contributed by atoms with Crippen LogP contribution in [0.15, 0.2) is 58.3 Å². The van der Waals surface area contributed by atoms with E-state index in [2.05, 4.69) is 0 Å². The van der Waals surface area contributed by atoms with Crippen LogP contribution in [0.1, 0.15) is 5.56 Å². The van der Waals surface area contributed by atoms with E-state index in [0.29, 0.717) is 6.07 Å². The fourth-order valence-corrected chi connectivity index (χ4v) is 4.01. The Morgan fingerprint density at radius 3 is 2.25 bits per heavy atom. The van der Waals surface area contributed by atoms with Crippen LogP contribution < -0.4 is 5.73 Å². The zero-order chi connectivity index (χ0) is 17.7. The lowest BCUT2D eigenvalue weighted by Crippen LogP contribution is -2.06. The Balaban J connectivity index is 2.33. The highest BCUT2D eigenvalue weighted by atomic mass is 32.2. The van der Waals surface area contributed by atoms with Gasteiger partial charge in [0.05, 0.1) is 16.0 Å². The average molecular weight is 356 g/mol. The minimum Gasteiger partial charge on any atom is -0.426 e. The van der Waals surface area contributed by atoms with Gasteiger partial charge in [0.15, 0.2) is 5.82 Å². The highest BCUT2D eigenvalue weighted by Gasteiger charge is 2.33. The van der Waals surface area contributed by atoms with Crippen molar-refractivity contribution in [2.45, 2.75) is 16.0 Å². The monoisotopic (exact) mass is 356 g/mol. The van der Waals surface area contributed by atoms with Crippen molar-refractivity contribution in [2.24, 2.45) is 0 Å². The lowest BCUT2D eigenvalue weighted by atomic mass is 10.1. The van der Waals surface area contributed by atoms with E-state index < -0.39 is 32.3 Å². The van der Waals surface area contributed by atoms with Crippen LogP contribution in [0.3, 0.4) is 0 Å². The molecule has 0 unspecified atom stereocenters. The van der Waals surface area contributed by atoms with Gasteiger partial charge < -0.3 is 10.9 Å². The predicted molar refractivity (Wildman–Crippen MR) is 80.4 cm³/mol. The average Bonchev–Trinajstić information content (AvgIpc) is 2.79. The van der Waals surface area contributed by atoms with Gasteiger partial charge in [-0.15, -0.1) is 0 Å². The summed E-state index contributed by atoms with van der Waals surface area (Å²) >= 11 is 0. The third-order valence-corrected chi connectivity index (χ3v) is 5.44. The number of fused-ring (bicyclic) bond motifs is 1. The summed E-state index contributed by atoms with van der Waals surface area (Å²) < 4.78 is 64.2. The molecular formula is C15H11F3N2O3S. The summed E-state index contributed by atoms with van der Waals surface area (Å²) in [5.41, 5.74) is 4.29. The van der Waals surface area contributed by atoms with Crippen molar-refractivity contribution in [3.8, 4) is 0 Å². The number of hydrogen-bond acceptors (Lipinski definition) is 4. The van der Waals surface area contributed by atoms with E-state index in [-0.39, 0.29) is 20.5 Å². The van der Waals surface area contributed by atoms with Crippen LogP contribution in [-0.2, 0) is 16.0 Å². The quantitative estimate of drug-likeness (QED) is 0.690. The van der Waals surface area contributed by atoms with Crippen LogP contribution in [0, 0.1) is 0 Å². The molecule has 0 saturated carbocycles. The Kier molecular flexibility index (Phi) is 3.48. The number of halogens is 3. The van der Waals surface area contributed by atoms with Gasteiger partial charge in [-0.05, 0) is 24.3 Å². The maximum absolute atomic E-state index is 12.8. The molecule has 0 atom stereocenters. The van der Waals surface area contributed by atoms with Gasteiger partial charge in [-0.1, -0.05) is 24.3 Å². The fourth-order valence-electron chi connectivity index (χ4n) is 2.44. The summed E-state index contributed by atoms with van der Waals surface area (Å²) in [7, 11) is -4.11. The lowest BCUT2D eigenvalue weighted by molar-refractivity contribution is -0.137. The summed E-state index contributed by atoms with van der Waals surface area (Å²) in [5, 5.41) is 9.85. The van der Waals surface area contributed by atoms with Crippen LogP contribution in [0.5, 0.6) is 0 Å². The van der Waals surface area contributed by atoms with E-state index in [1.54, 1.807) is 6.07 Å². The highest BCUT2D eigenvalue weighted by Crippen LogP contribution is 2.38. The van der Waals surface area contributed by atoms with Crippen molar-refractivity contribution >= 4 is 26.6 Å². The number of sulfone groups is 1. The number of aromatic nitrogens is 1. The van der Waals surface area contributed by atoms with Gasteiger partial charge in [0.2, 0.25) is 9.84 Å². The molecule has 3 rings (SSSR count). The number of hydrogen-bond donors (Lipinski definition) is 2. The largest absolute Gasteiger partial charge is 0.426 e. The van der Waals surface area contributed by atoms with Crippen LogP contribution in [0.4, 0.5) is 19.0 Å². The molecule has 0 aliphatic rings. The van der Waals surface area contributed by atoms with Crippen LogP contribution in [0.25, 0.3) is 10.9 Å². The van der Waals surface area contributed by atoms with Crippen LogP contribution in [-0.4, -0.2) is 18.4 Å². The second-order valence-electron chi connectivity index (χ2n) is 5.07. The molecule has 5 nitrogen and oxygen atoms in total. The third-order valence-electron chi connectivity index (χ3n) is 3.58. The van der Waals surface area contributed by atoms with Gasteiger partial charge >= 0.3 is 6.18 Å².